The molecule has 2 aromatic carbocycles. The van der Waals surface area contributed by atoms with E-state index < -0.39 is 17.5 Å². The topological polar surface area (TPSA) is 87.3 Å². The van der Waals surface area contributed by atoms with Crippen LogP contribution in [0.25, 0.3) is 54.9 Å². The van der Waals surface area contributed by atoms with Crippen LogP contribution in [-0.4, -0.2) is 61.5 Å². The fourth-order valence-electron chi connectivity index (χ4n) is 6.53. The number of aromatic nitrogens is 5. The molecule has 5 heterocycles. The summed E-state index contributed by atoms with van der Waals surface area (Å²) in [7, 11) is 3.37. The average molecular weight is 673 g/mol. The highest BCUT2D eigenvalue weighted by molar-refractivity contribution is 7.18. The van der Waals surface area contributed by atoms with Crippen LogP contribution in [0.1, 0.15) is 25.6 Å². The van der Waals surface area contributed by atoms with Crippen molar-refractivity contribution in [1.82, 2.24) is 29.2 Å². The second kappa shape index (κ2) is 12.2. The first-order chi connectivity index (χ1) is 23.1. The van der Waals surface area contributed by atoms with Gasteiger partial charge in [0.15, 0.2) is 0 Å². The van der Waals surface area contributed by atoms with Crippen LogP contribution in [0.3, 0.4) is 0 Å². The minimum absolute atomic E-state index is 0.0145. The Hall–Kier alpha value is -5.01. The van der Waals surface area contributed by atoms with E-state index >= 15 is 8.78 Å². The minimum atomic E-state index is -0.906. The van der Waals surface area contributed by atoms with Crippen LogP contribution in [0, 0.1) is 17.5 Å². The Morgan fingerprint density at radius 1 is 1.08 bits per heavy atom. The molecule has 7 rings (SSSR count). The minimum Gasteiger partial charge on any atom is -0.490 e. The zero-order valence-corrected chi connectivity index (χ0v) is 27.4. The fourth-order valence-corrected chi connectivity index (χ4v) is 7.50. The molecule has 1 amide bonds. The molecule has 0 bridgehead atoms. The maximum atomic E-state index is 16.1. The van der Waals surface area contributed by atoms with Crippen LogP contribution in [0.4, 0.5) is 13.2 Å². The third kappa shape index (κ3) is 5.13. The molecule has 0 unspecified atom stereocenters. The number of aryl methyl sites for hydroxylation is 1. The Morgan fingerprint density at radius 2 is 1.90 bits per heavy atom. The van der Waals surface area contributed by atoms with Gasteiger partial charge in [-0.1, -0.05) is 12.6 Å². The highest BCUT2D eigenvalue weighted by atomic mass is 32.1. The van der Waals surface area contributed by atoms with E-state index in [1.54, 1.807) is 22.0 Å². The molecule has 0 spiro atoms. The molecule has 4 aromatic heterocycles. The number of nitrogens with zero attached hydrogens (tertiary/aromatic N) is 6. The van der Waals surface area contributed by atoms with Crippen LogP contribution in [-0.2, 0) is 23.1 Å². The smallest absolute Gasteiger partial charge is 0.246 e. The molecule has 0 fully saturated rings. The average Bonchev–Trinajstić information content (AvgIpc) is 3.77. The number of benzene rings is 2. The van der Waals surface area contributed by atoms with Crippen molar-refractivity contribution in [2.75, 3.05) is 20.3 Å². The Balaban J connectivity index is 1.53. The number of hydrogen-bond donors (Lipinski definition) is 0. The van der Waals surface area contributed by atoms with Gasteiger partial charge in [-0.25, -0.2) is 23.1 Å². The Kier molecular flexibility index (Phi) is 8.04. The number of halogens is 3. The second-order valence-electron chi connectivity index (χ2n) is 11.7. The van der Waals surface area contributed by atoms with E-state index in [2.05, 4.69) is 11.6 Å². The van der Waals surface area contributed by atoms with Gasteiger partial charge in [0.1, 0.15) is 41.2 Å². The van der Waals surface area contributed by atoms with Gasteiger partial charge >= 0.3 is 0 Å². The molecular weight excluding hydrogens is 641 g/mol. The van der Waals surface area contributed by atoms with Gasteiger partial charge in [0, 0.05) is 53.5 Å². The van der Waals surface area contributed by atoms with Gasteiger partial charge in [-0.3, -0.25) is 9.48 Å². The summed E-state index contributed by atoms with van der Waals surface area (Å²) in [6.07, 6.45) is 2.98. The van der Waals surface area contributed by atoms with Gasteiger partial charge in [-0.15, -0.1) is 11.3 Å². The molecule has 246 valence electrons. The standard InChI is InChI=1S/C35H31F3N6O3S/c1-6-29(45)44-18(2)15-43-27(19(44)3)14-25(41-43)34-32(30-22(37)12-21(36)13-28(30)47-10-9-46-5)35-31(23(38)16-48-35)33(40-34)20-7-8-26-24(11-20)39-17-42(26)4/h6-8,11-14,16-19H,1,9-10,15H2,2-5H3/t18-,19+/m1/s1. The lowest BCUT2D eigenvalue weighted by atomic mass is 9.96. The fraction of sp³-hybridized carbons (Fsp3) is 0.257. The van der Waals surface area contributed by atoms with Crippen molar-refractivity contribution >= 4 is 38.4 Å². The van der Waals surface area contributed by atoms with E-state index in [9.17, 15) is 9.18 Å². The summed E-state index contributed by atoms with van der Waals surface area (Å²) in [6, 6.07) is 8.66. The van der Waals surface area contributed by atoms with Crippen molar-refractivity contribution in [2.24, 2.45) is 7.05 Å². The largest absolute Gasteiger partial charge is 0.490 e. The van der Waals surface area contributed by atoms with Crippen molar-refractivity contribution < 1.29 is 27.4 Å². The first-order valence-electron chi connectivity index (χ1n) is 15.3. The van der Waals surface area contributed by atoms with Gasteiger partial charge < -0.3 is 18.9 Å². The maximum absolute atomic E-state index is 16.1. The molecule has 1 aliphatic rings. The molecule has 2 atom stereocenters. The maximum Gasteiger partial charge on any atom is 0.246 e. The molecule has 0 aliphatic carbocycles. The summed E-state index contributed by atoms with van der Waals surface area (Å²) < 4.78 is 61.7. The van der Waals surface area contributed by atoms with Crippen LogP contribution in [0.5, 0.6) is 5.75 Å². The summed E-state index contributed by atoms with van der Waals surface area (Å²) in [4.78, 5) is 24.0. The van der Waals surface area contributed by atoms with Crippen molar-refractivity contribution in [3.8, 4) is 39.5 Å². The number of methoxy groups -OCH3 is 1. The Labute approximate surface area is 277 Å². The molecule has 6 aromatic rings. The van der Waals surface area contributed by atoms with E-state index in [0.29, 0.717) is 33.7 Å². The quantitative estimate of drug-likeness (QED) is 0.125. The summed E-state index contributed by atoms with van der Waals surface area (Å²) in [6.45, 7) is 8.06. The number of fused-ring (bicyclic) bond motifs is 3. The van der Waals surface area contributed by atoms with Crippen molar-refractivity contribution in [3.63, 3.8) is 0 Å². The molecule has 48 heavy (non-hydrogen) atoms. The molecule has 9 nitrogen and oxygen atoms in total. The molecule has 0 N–H and O–H groups in total. The molecular formula is C35H31F3N6O3S. The van der Waals surface area contributed by atoms with Crippen molar-refractivity contribution in [2.45, 2.75) is 32.5 Å². The van der Waals surface area contributed by atoms with Gasteiger partial charge in [-0.05, 0) is 38.1 Å². The lowest BCUT2D eigenvalue weighted by molar-refractivity contribution is -0.131. The van der Waals surface area contributed by atoms with E-state index in [4.69, 9.17) is 19.6 Å². The number of rotatable bonds is 8. The number of ether oxygens (including phenoxy) is 2. The number of imidazole rings is 1. The number of hydrogen-bond acceptors (Lipinski definition) is 7. The first-order valence-corrected chi connectivity index (χ1v) is 16.1. The monoisotopic (exact) mass is 672 g/mol. The van der Waals surface area contributed by atoms with Crippen molar-refractivity contribution in [1.29, 1.82) is 0 Å². The third-order valence-corrected chi connectivity index (χ3v) is 9.69. The summed E-state index contributed by atoms with van der Waals surface area (Å²) in [5.74, 6) is -2.58. The highest BCUT2D eigenvalue weighted by Gasteiger charge is 2.35. The van der Waals surface area contributed by atoms with Crippen LogP contribution < -0.4 is 4.74 Å². The Bertz CT molecular complexity index is 2240. The van der Waals surface area contributed by atoms with E-state index in [0.717, 1.165) is 34.7 Å². The Morgan fingerprint density at radius 3 is 2.67 bits per heavy atom. The zero-order chi connectivity index (χ0) is 33.9. The number of carbonyl (C=O) groups excluding carboxylic acids is 1. The molecule has 1 aliphatic heterocycles. The number of thiophene rings is 1. The predicted octanol–water partition coefficient (Wildman–Crippen LogP) is 7.30. The normalized spacial score (nSPS) is 16.1. The lowest BCUT2D eigenvalue weighted by Gasteiger charge is -2.38. The second-order valence-corrected chi connectivity index (χ2v) is 12.6. The van der Waals surface area contributed by atoms with Crippen LogP contribution in [0.15, 0.2) is 60.8 Å². The van der Waals surface area contributed by atoms with Gasteiger partial charge in [0.05, 0.1) is 58.9 Å². The van der Waals surface area contributed by atoms with Gasteiger partial charge in [-0.2, -0.15) is 5.10 Å². The number of pyridine rings is 1. The summed E-state index contributed by atoms with van der Waals surface area (Å²) in [5, 5.41) is 6.43. The van der Waals surface area contributed by atoms with E-state index in [1.165, 1.54) is 18.6 Å². The molecule has 0 radical (unpaired) electrons. The molecule has 0 saturated heterocycles. The van der Waals surface area contributed by atoms with Crippen molar-refractivity contribution in [3.05, 3.63) is 83.9 Å². The van der Waals surface area contributed by atoms with Gasteiger partial charge in [0.2, 0.25) is 5.91 Å². The predicted molar refractivity (Wildman–Crippen MR) is 178 cm³/mol. The van der Waals surface area contributed by atoms with Crippen LogP contribution >= 0.6 is 11.3 Å². The molecule has 0 saturated carbocycles. The number of amides is 1. The van der Waals surface area contributed by atoms with Crippen LogP contribution in [0.2, 0.25) is 0 Å². The SMILES string of the molecule is C=CC(=O)N1[C@H](C)Cn2nc(-c3nc(-c4ccc5c(c4)ncn5C)c4c(F)csc4c3-c3c(F)cc(F)cc3OCCOC)cc2[C@@H]1C. The zero-order valence-electron chi connectivity index (χ0n) is 26.6. The molecule has 13 heteroatoms. The summed E-state index contributed by atoms with van der Waals surface area (Å²) in [5.41, 5.74) is 3.96. The third-order valence-electron chi connectivity index (χ3n) is 8.72. The van der Waals surface area contributed by atoms with E-state index in [1.807, 2.05) is 43.7 Å². The summed E-state index contributed by atoms with van der Waals surface area (Å²) >= 11 is 1.08. The first kappa shape index (κ1) is 31.6. The highest BCUT2D eigenvalue weighted by Crippen LogP contribution is 2.48. The lowest BCUT2D eigenvalue weighted by Crippen LogP contribution is -2.46. The number of carbonyl (C=O) groups is 1. The van der Waals surface area contributed by atoms with Gasteiger partial charge in [0.25, 0.3) is 0 Å². The van der Waals surface area contributed by atoms with E-state index in [-0.39, 0.29) is 59.2 Å².